The van der Waals surface area contributed by atoms with Crippen molar-refractivity contribution in [1.82, 2.24) is 25.2 Å². The molecule has 2 aromatic rings. The van der Waals surface area contributed by atoms with Crippen molar-refractivity contribution >= 4 is 17.4 Å². The highest BCUT2D eigenvalue weighted by molar-refractivity contribution is 7.09. The lowest BCUT2D eigenvalue weighted by Gasteiger charge is -2.33. The number of thiazole rings is 1. The molecule has 0 unspecified atom stereocenters. The number of aryl methyl sites for hydroxylation is 1. The van der Waals surface area contributed by atoms with Crippen LogP contribution in [0.15, 0.2) is 11.7 Å². The Labute approximate surface area is 158 Å². The SMILES string of the molecule is O=C(N[C@@H]1CCc2nc[nH]c2C1)N1CCC(c2nc(C(F)(F)F)cs2)CC1. The second kappa shape index (κ2) is 7.14. The van der Waals surface area contributed by atoms with Gasteiger partial charge in [-0.15, -0.1) is 11.3 Å². The number of aromatic amines is 1. The summed E-state index contributed by atoms with van der Waals surface area (Å²) in [5.74, 6) is -0.0163. The number of rotatable bonds is 2. The van der Waals surface area contributed by atoms with E-state index in [2.05, 4.69) is 20.3 Å². The molecule has 3 heterocycles. The van der Waals surface area contributed by atoms with Crippen LogP contribution < -0.4 is 5.32 Å². The van der Waals surface area contributed by atoms with Crippen LogP contribution >= 0.6 is 11.3 Å². The molecule has 0 radical (unpaired) electrons. The van der Waals surface area contributed by atoms with E-state index in [4.69, 9.17) is 0 Å². The Kier molecular flexibility index (Phi) is 4.83. The number of nitrogens with one attached hydrogen (secondary N) is 2. The largest absolute Gasteiger partial charge is 0.434 e. The number of likely N-dealkylation sites (tertiary alicyclic amines) is 1. The minimum absolute atomic E-state index is 0.0163. The van der Waals surface area contributed by atoms with E-state index in [0.717, 1.165) is 47.4 Å². The van der Waals surface area contributed by atoms with E-state index in [1.165, 1.54) is 0 Å². The van der Waals surface area contributed by atoms with E-state index in [9.17, 15) is 18.0 Å². The van der Waals surface area contributed by atoms with E-state index in [0.29, 0.717) is 30.9 Å². The predicted molar refractivity (Wildman–Crippen MR) is 93.6 cm³/mol. The van der Waals surface area contributed by atoms with Crippen molar-refractivity contribution in [3.8, 4) is 0 Å². The van der Waals surface area contributed by atoms with E-state index in [1.807, 2.05) is 0 Å². The van der Waals surface area contributed by atoms with Gasteiger partial charge in [0.15, 0.2) is 5.69 Å². The number of hydrogen-bond acceptors (Lipinski definition) is 4. The molecule has 0 bridgehead atoms. The number of carbonyl (C=O) groups excluding carboxylic acids is 1. The molecule has 4 rings (SSSR count). The van der Waals surface area contributed by atoms with Gasteiger partial charge in [-0.2, -0.15) is 13.2 Å². The average Bonchev–Trinajstić information content (AvgIpc) is 3.30. The molecule has 10 heteroatoms. The third-order valence-electron chi connectivity index (χ3n) is 5.26. The first-order valence-electron chi connectivity index (χ1n) is 8.99. The van der Waals surface area contributed by atoms with Crippen LogP contribution in [0.2, 0.25) is 0 Å². The smallest absolute Gasteiger partial charge is 0.348 e. The Morgan fingerprint density at radius 2 is 2.07 bits per heavy atom. The third kappa shape index (κ3) is 3.95. The summed E-state index contributed by atoms with van der Waals surface area (Å²) in [6, 6.07) is -0.0204. The van der Waals surface area contributed by atoms with Gasteiger partial charge in [0.1, 0.15) is 0 Å². The number of H-pyrrole nitrogens is 1. The van der Waals surface area contributed by atoms with Crippen LogP contribution in [0.1, 0.15) is 47.3 Å². The van der Waals surface area contributed by atoms with Crippen molar-refractivity contribution < 1.29 is 18.0 Å². The number of urea groups is 1. The molecule has 146 valence electrons. The quantitative estimate of drug-likeness (QED) is 0.814. The zero-order valence-electron chi connectivity index (χ0n) is 14.6. The minimum atomic E-state index is -4.40. The predicted octanol–water partition coefficient (Wildman–Crippen LogP) is 3.33. The van der Waals surface area contributed by atoms with E-state index in [1.54, 1.807) is 11.2 Å². The Balaban J connectivity index is 1.29. The van der Waals surface area contributed by atoms with Crippen molar-refractivity contribution in [2.24, 2.45) is 0 Å². The van der Waals surface area contributed by atoms with Crippen LogP contribution in [0, 0.1) is 0 Å². The normalized spacial score (nSPS) is 21.1. The van der Waals surface area contributed by atoms with E-state index < -0.39 is 11.9 Å². The highest BCUT2D eigenvalue weighted by Crippen LogP contribution is 2.35. The molecule has 1 aliphatic carbocycles. The molecule has 2 N–H and O–H groups in total. The summed E-state index contributed by atoms with van der Waals surface area (Å²) in [6.45, 7) is 1.05. The molecule has 2 amide bonds. The van der Waals surface area contributed by atoms with Crippen LogP contribution in [-0.4, -0.2) is 45.0 Å². The molecule has 2 aromatic heterocycles. The van der Waals surface area contributed by atoms with Crippen molar-refractivity contribution in [2.45, 2.75) is 50.2 Å². The number of aromatic nitrogens is 3. The summed E-state index contributed by atoms with van der Waals surface area (Å²) in [7, 11) is 0. The fraction of sp³-hybridized carbons (Fsp3) is 0.588. The number of alkyl halides is 3. The van der Waals surface area contributed by atoms with Crippen LogP contribution in [-0.2, 0) is 19.0 Å². The van der Waals surface area contributed by atoms with Crippen LogP contribution in [0.25, 0.3) is 0 Å². The maximum Gasteiger partial charge on any atom is 0.434 e. The van der Waals surface area contributed by atoms with Crippen LogP contribution in [0.3, 0.4) is 0 Å². The molecule has 0 saturated carbocycles. The van der Waals surface area contributed by atoms with Gasteiger partial charge in [0.2, 0.25) is 0 Å². The maximum atomic E-state index is 12.7. The number of piperidine rings is 1. The number of hydrogen-bond donors (Lipinski definition) is 2. The fourth-order valence-corrected chi connectivity index (χ4v) is 4.72. The van der Waals surface area contributed by atoms with Gasteiger partial charge in [0.05, 0.1) is 17.0 Å². The lowest BCUT2D eigenvalue weighted by atomic mass is 9.96. The zero-order chi connectivity index (χ0) is 19.0. The average molecular weight is 399 g/mol. The number of imidazole rings is 1. The van der Waals surface area contributed by atoms with Gasteiger partial charge in [-0.05, 0) is 25.7 Å². The van der Waals surface area contributed by atoms with Crippen molar-refractivity contribution in [2.75, 3.05) is 13.1 Å². The molecule has 1 fully saturated rings. The van der Waals surface area contributed by atoms with Crippen molar-refractivity contribution in [3.05, 3.63) is 33.8 Å². The topological polar surface area (TPSA) is 73.9 Å². The lowest BCUT2D eigenvalue weighted by Crippen LogP contribution is -2.49. The van der Waals surface area contributed by atoms with Gasteiger partial charge in [-0.1, -0.05) is 0 Å². The first kappa shape index (κ1) is 18.3. The Morgan fingerprint density at radius 1 is 1.30 bits per heavy atom. The first-order valence-corrected chi connectivity index (χ1v) is 9.87. The zero-order valence-corrected chi connectivity index (χ0v) is 15.4. The highest BCUT2D eigenvalue weighted by Gasteiger charge is 2.35. The van der Waals surface area contributed by atoms with E-state index >= 15 is 0 Å². The monoisotopic (exact) mass is 399 g/mol. The summed E-state index contributed by atoms with van der Waals surface area (Å²) in [5.41, 5.74) is 1.33. The Morgan fingerprint density at radius 3 is 2.78 bits per heavy atom. The molecule has 1 aliphatic heterocycles. The first-order chi connectivity index (χ1) is 12.9. The Hall–Kier alpha value is -2.10. The van der Waals surface area contributed by atoms with Crippen LogP contribution in [0.5, 0.6) is 0 Å². The molecule has 27 heavy (non-hydrogen) atoms. The summed E-state index contributed by atoms with van der Waals surface area (Å²) < 4.78 is 38.1. The van der Waals surface area contributed by atoms with E-state index in [-0.39, 0.29) is 18.0 Å². The second-order valence-electron chi connectivity index (χ2n) is 7.05. The third-order valence-corrected chi connectivity index (χ3v) is 6.27. The molecule has 6 nitrogen and oxygen atoms in total. The lowest BCUT2D eigenvalue weighted by molar-refractivity contribution is -0.140. The number of carbonyl (C=O) groups is 1. The number of amides is 2. The van der Waals surface area contributed by atoms with Gasteiger partial charge in [-0.25, -0.2) is 14.8 Å². The fourth-order valence-electron chi connectivity index (χ4n) is 3.72. The second-order valence-corrected chi connectivity index (χ2v) is 7.94. The van der Waals surface area contributed by atoms with Crippen molar-refractivity contribution in [1.29, 1.82) is 0 Å². The molecule has 0 aromatic carbocycles. The molecular weight excluding hydrogens is 379 g/mol. The molecule has 0 spiro atoms. The number of fused-ring (bicyclic) bond motifs is 1. The molecule has 1 saturated heterocycles. The summed E-state index contributed by atoms with van der Waals surface area (Å²) in [4.78, 5) is 25.4. The van der Waals surface area contributed by atoms with Gasteiger partial charge in [0, 0.05) is 42.5 Å². The summed E-state index contributed by atoms with van der Waals surface area (Å²) in [5, 5.41) is 4.66. The highest BCUT2D eigenvalue weighted by atomic mass is 32.1. The Bertz CT molecular complexity index is 810. The van der Waals surface area contributed by atoms with Gasteiger partial charge in [0.25, 0.3) is 0 Å². The minimum Gasteiger partial charge on any atom is -0.348 e. The van der Waals surface area contributed by atoms with Gasteiger partial charge < -0.3 is 15.2 Å². The van der Waals surface area contributed by atoms with Crippen molar-refractivity contribution in [3.63, 3.8) is 0 Å². The molecule has 1 atom stereocenters. The van der Waals surface area contributed by atoms with Crippen LogP contribution in [0.4, 0.5) is 18.0 Å². The summed E-state index contributed by atoms with van der Waals surface area (Å²) in [6.07, 6.45) is 1.00. The summed E-state index contributed by atoms with van der Waals surface area (Å²) >= 11 is 1.06. The standard InChI is InChI=1S/C17H20F3N5OS/c18-17(19,20)14-8-27-15(24-14)10-3-5-25(6-4-10)16(26)23-11-1-2-12-13(7-11)22-9-21-12/h8-11H,1-7H2,(H,21,22)(H,23,26)/t11-/m1/s1. The number of halogens is 3. The number of nitrogens with zero attached hydrogens (tertiary/aromatic N) is 3. The maximum absolute atomic E-state index is 12.7. The molecule has 2 aliphatic rings. The van der Waals surface area contributed by atoms with Gasteiger partial charge in [-0.3, -0.25) is 0 Å². The van der Waals surface area contributed by atoms with Gasteiger partial charge >= 0.3 is 12.2 Å². The molecular formula is C17H20F3N5OS.